The number of ether oxygens (including phenoxy) is 7. The lowest BCUT2D eigenvalue weighted by atomic mass is 9.89. The van der Waals surface area contributed by atoms with Crippen molar-refractivity contribution in [2.45, 2.75) is 95.3 Å². The number of benzene rings is 4. The van der Waals surface area contributed by atoms with Crippen LogP contribution in [0.2, 0.25) is 0 Å². The molecule has 0 aliphatic carbocycles. The molecule has 14 nitrogen and oxygen atoms in total. The Morgan fingerprint density at radius 2 is 1.31 bits per heavy atom. The van der Waals surface area contributed by atoms with E-state index < -0.39 is 84.4 Å². The molecular formula is C50H55NO13. The zero-order chi connectivity index (χ0) is 45.4. The summed E-state index contributed by atoms with van der Waals surface area (Å²) >= 11 is 0. The fourth-order valence-corrected chi connectivity index (χ4v) is 7.87. The van der Waals surface area contributed by atoms with Crippen molar-refractivity contribution in [3.8, 4) is 0 Å². The van der Waals surface area contributed by atoms with Crippen LogP contribution in [-0.4, -0.2) is 103 Å². The summed E-state index contributed by atoms with van der Waals surface area (Å²) in [5.74, 6) is -4.18. The number of methoxy groups -OCH3 is 1. The lowest BCUT2D eigenvalue weighted by Crippen LogP contribution is -2.61. The number of rotatable bonds is 22. The smallest absolute Gasteiger partial charge is 0.417 e. The number of amides is 2. The third-order valence-electron chi connectivity index (χ3n) is 11.1. The molecule has 0 bridgehead atoms. The second-order valence-corrected chi connectivity index (χ2v) is 15.6. The van der Waals surface area contributed by atoms with Gasteiger partial charge in [-0.05, 0) is 54.2 Å². The zero-order valence-electron chi connectivity index (χ0n) is 36.1. The number of carbonyl (C=O) groups excluding carboxylic acids is 5. The van der Waals surface area contributed by atoms with Gasteiger partial charge in [-0.2, -0.15) is 0 Å². The van der Waals surface area contributed by atoms with Crippen LogP contribution in [0.3, 0.4) is 0 Å². The fraction of sp³-hybridized carbons (Fsp3) is 0.380. The Kier molecular flexibility index (Phi) is 17.6. The maximum absolute atomic E-state index is 14.4. The summed E-state index contributed by atoms with van der Waals surface area (Å²) in [7, 11) is 1.46. The molecule has 14 heteroatoms. The molecule has 4 aromatic rings. The first-order valence-electron chi connectivity index (χ1n) is 21.3. The number of carbonyl (C=O) groups is 5. The summed E-state index contributed by atoms with van der Waals surface area (Å²) in [6.07, 6.45) is -5.21. The van der Waals surface area contributed by atoms with Crippen molar-refractivity contribution < 1.29 is 62.2 Å². The van der Waals surface area contributed by atoms with Crippen LogP contribution in [0.4, 0.5) is 4.79 Å². The number of nitrogens with zero attached hydrogens (tertiary/aromatic N) is 1. The molecule has 0 unspecified atom stereocenters. The van der Waals surface area contributed by atoms with Crippen LogP contribution in [0.5, 0.6) is 0 Å². The third-order valence-corrected chi connectivity index (χ3v) is 11.1. The zero-order valence-corrected chi connectivity index (χ0v) is 36.1. The monoisotopic (exact) mass is 877 g/mol. The molecule has 2 amide bonds. The molecule has 0 aromatic heterocycles. The second-order valence-electron chi connectivity index (χ2n) is 15.6. The van der Waals surface area contributed by atoms with Gasteiger partial charge in [0.2, 0.25) is 5.91 Å². The summed E-state index contributed by atoms with van der Waals surface area (Å²) in [5, 5.41) is 10.4. The van der Waals surface area contributed by atoms with Gasteiger partial charge in [0, 0.05) is 27.1 Å². The summed E-state index contributed by atoms with van der Waals surface area (Å²) in [5.41, 5.74) is 3.16. The first-order chi connectivity index (χ1) is 31.1. The highest BCUT2D eigenvalue weighted by atomic mass is 16.7. The Balaban J connectivity index is 1.13. The maximum Gasteiger partial charge on any atom is 0.417 e. The van der Waals surface area contributed by atoms with Crippen molar-refractivity contribution in [1.29, 1.82) is 0 Å². The SMILES string of the molecule is CO[C@H]1O[C@H](CO)[C@@H](OCc2ccccc2)[C@H](OCc2ccccc2)[C@@H]1OCCCC(=O)C=CC(=O)[C@@H](OC(C)=O)[C@H](Cc1ccccc1)C(=O)N1C(=O)O[C@H](c2ccccc2)[C@@H]1C. The molecule has 0 spiro atoms. The van der Waals surface area contributed by atoms with Crippen LogP contribution >= 0.6 is 0 Å². The lowest BCUT2D eigenvalue weighted by molar-refractivity contribution is -0.319. The van der Waals surface area contributed by atoms with E-state index in [-0.39, 0.29) is 45.7 Å². The molecule has 4 aromatic carbocycles. The van der Waals surface area contributed by atoms with Gasteiger partial charge in [-0.3, -0.25) is 19.2 Å². The second kappa shape index (κ2) is 23.7. The Hall–Kier alpha value is -5.87. The number of aliphatic hydroxyl groups excluding tert-OH is 1. The Morgan fingerprint density at radius 3 is 1.88 bits per heavy atom. The molecule has 64 heavy (non-hydrogen) atoms. The molecule has 0 saturated carbocycles. The quantitative estimate of drug-likeness (QED) is 0.0532. The van der Waals surface area contributed by atoms with Crippen LogP contribution < -0.4 is 0 Å². The van der Waals surface area contributed by atoms with Gasteiger partial charge in [-0.1, -0.05) is 121 Å². The molecule has 2 heterocycles. The van der Waals surface area contributed by atoms with Gasteiger partial charge in [0.25, 0.3) is 0 Å². The van der Waals surface area contributed by atoms with Crippen molar-refractivity contribution in [3.63, 3.8) is 0 Å². The Labute approximate surface area is 373 Å². The van der Waals surface area contributed by atoms with Gasteiger partial charge < -0.3 is 38.3 Å². The standard InChI is InChI=1S/C50H55NO13/c1-33-43(38-23-14-7-15-24-38)64-50(57)51(33)48(56)40(29-35-17-8-4-9-18-35)44(62-34(2)53)41(55)27-26-39(54)25-16-28-59-47-46(61-32-37-21-12-6-13-22-37)45(42(30-52)63-49(47)58-3)60-31-36-19-10-5-11-20-36/h4-15,17-24,26-27,33,40,42-47,49,52H,16,25,28-32H2,1-3H3/t33-,40-,42+,43-,44-,45+,46-,47-,49-/m0/s1. The van der Waals surface area contributed by atoms with E-state index in [1.807, 2.05) is 66.7 Å². The molecule has 6 rings (SSSR count). The van der Waals surface area contributed by atoms with E-state index in [1.54, 1.807) is 61.5 Å². The van der Waals surface area contributed by atoms with Crippen molar-refractivity contribution in [1.82, 2.24) is 4.90 Å². The molecule has 0 radical (unpaired) electrons. The van der Waals surface area contributed by atoms with Crippen LogP contribution in [0.1, 0.15) is 55.0 Å². The van der Waals surface area contributed by atoms with E-state index in [0.29, 0.717) is 11.1 Å². The summed E-state index contributed by atoms with van der Waals surface area (Å²) in [6, 6.07) is 36.2. The van der Waals surface area contributed by atoms with E-state index in [4.69, 9.17) is 33.2 Å². The minimum Gasteiger partial charge on any atom is -0.453 e. The number of imide groups is 1. The largest absolute Gasteiger partial charge is 0.453 e. The van der Waals surface area contributed by atoms with Gasteiger partial charge in [0.05, 0.1) is 31.8 Å². The number of ketones is 2. The van der Waals surface area contributed by atoms with Gasteiger partial charge in [-0.25, -0.2) is 9.69 Å². The fourth-order valence-electron chi connectivity index (χ4n) is 7.87. The third kappa shape index (κ3) is 12.6. The van der Waals surface area contributed by atoms with Gasteiger partial charge in [-0.15, -0.1) is 0 Å². The van der Waals surface area contributed by atoms with E-state index in [1.165, 1.54) is 7.11 Å². The van der Waals surface area contributed by atoms with E-state index >= 15 is 0 Å². The van der Waals surface area contributed by atoms with Crippen LogP contribution in [0, 0.1) is 5.92 Å². The van der Waals surface area contributed by atoms with Gasteiger partial charge in [0.1, 0.15) is 30.5 Å². The lowest BCUT2D eigenvalue weighted by Gasteiger charge is -2.45. The molecule has 9 atom stereocenters. The van der Waals surface area contributed by atoms with Gasteiger partial charge >= 0.3 is 12.1 Å². The first kappa shape index (κ1) is 47.6. The summed E-state index contributed by atoms with van der Waals surface area (Å²) in [6.45, 7) is 2.91. The van der Waals surface area contributed by atoms with Crippen molar-refractivity contribution in [3.05, 3.63) is 156 Å². The van der Waals surface area contributed by atoms with Crippen molar-refractivity contribution in [2.75, 3.05) is 20.3 Å². The number of esters is 1. The normalized spacial score (nSPS) is 23.0. The molecule has 1 N–H and O–H groups in total. The minimum absolute atomic E-state index is 0.0413. The highest BCUT2D eigenvalue weighted by molar-refractivity contribution is 6.04. The molecular weight excluding hydrogens is 823 g/mol. The van der Waals surface area contributed by atoms with Crippen molar-refractivity contribution >= 4 is 29.5 Å². The molecule has 338 valence electrons. The van der Waals surface area contributed by atoms with Crippen LogP contribution in [-0.2, 0) is 72.0 Å². The average molecular weight is 878 g/mol. The average Bonchev–Trinajstić information content (AvgIpc) is 3.62. The van der Waals surface area contributed by atoms with E-state index in [9.17, 15) is 29.1 Å². The number of allylic oxidation sites excluding steroid dienone is 1. The Bertz CT molecular complexity index is 2150. The topological polar surface area (TPSA) is 173 Å². The first-order valence-corrected chi connectivity index (χ1v) is 21.3. The summed E-state index contributed by atoms with van der Waals surface area (Å²) < 4.78 is 42.1. The predicted octanol–water partition coefficient (Wildman–Crippen LogP) is 6.28. The molecule has 2 saturated heterocycles. The van der Waals surface area contributed by atoms with E-state index in [2.05, 4.69) is 0 Å². The summed E-state index contributed by atoms with van der Waals surface area (Å²) in [4.78, 5) is 68.3. The van der Waals surface area contributed by atoms with Crippen LogP contribution in [0.15, 0.2) is 133 Å². The number of aliphatic hydroxyl groups is 1. The van der Waals surface area contributed by atoms with Crippen LogP contribution in [0.25, 0.3) is 0 Å². The molecule has 2 aliphatic rings. The highest BCUT2D eigenvalue weighted by Gasteiger charge is 2.50. The van der Waals surface area contributed by atoms with Gasteiger partial charge in [0.15, 0.2) is 24.0 Å². The maximum atomic E-state index is 14.4. The number of cyclic esters (lactones) is 1. The number of hydrogen-bond acceptors (Lipinski definition) is 13. The van der Waals surface area contributed by atoms with E-state index in [0.717, 1.165) is 35.1 Å². The van der Waals surface area contributed by atoms with Crippen molar-refractivity contribution in [2.24, 2.45) is 5.92 Å². The number of hydrogen-bond donors (Lipinski definition) is 1. The minimum atomic E-state index is -1.67. The Morgan fingerprint density at radius 1 is 0.750 bits per heavy atom. The molecule has 2 aliphatic heterocycles. The highest BCUT2D eigenvalue weighted by Crippen LogP contribution is 2.35. The predicted molar refractivity (Wildman–Crippen MR) is 232 cm³/mol. The molecule has 2 fully saturated rings.